The zero-order valence-corrected chi connectivity index (χ0v) is 9.37. The molecule has 0 aromatic carbocycles. The van der Waals surface area contributed by atoms with Gasteiger partial charge in [0.05, 0.1) is 18.1 Å². The fourth-order valence-electron chi connectivity index (χ4n) is 1.31. The summed E-state index contributed by atoms with van der Waals surface area (Å²) in [6, 6.07) is 0. The predicted molar refractivity (Wildman–Crippen MR) is 42.9 cm³/mol. The lowest BCUT2D eigenvalue weighted by molar-refractivity contribution is -0.795. The molecule has 0 aliphatic carbocycles. The predicted octanol–water partition coefficient (Wildman–Crippen LogP) is -3.46. The van der Waals surface area contributed by atoms with Gasteiger partial charge in [0.1, 0.15) is 13.1 Å². The number of nitrogens with zero attached hydrogens (tertiary/aromatic N) is 1. The maximum absolute atomic E-state index is 6.05. The van der Waals surface area contributed by atoms with E-state index < -0.39 is 0 Å². The van der Waals surface area contributed by atoms with Gasteiger partial charge in [0, 0.05) is 0 Å². The van der Waals surface area contributed by atoms with E-state index in [1.54, 1.807) is 0 Å². The third-order valence-electron chi connectivity index (χ3n) is 2.06. The van der Waals surface area contributed by atoms with E-state index >= 15 is 0 Å². The molecule has 1 unspecified atom stereocenters. The van der Waals surface area contributed by atoms with Crippen LogP contribution in [-0.2, 0) is 0 Å². The SMILES string of the molecule is CC[N+]1=C(Cl)[NH+](CC)CC1.[Br-]. The molecule has 66 valence electrons. The summed E-state index contributed by atoms with van der Waals surface area (Å²) in [5.41, 5.74) is 0. The minimum atomic E-state index is 0. The summed E-state index contributed by atoms with van der Waals surface area (Å²) in [4.78, 5) is 1.42. The van der Waals surface area contributed by atoms with Gasteiger partial charge in [-0.2, -0.15) is 4.58 Å². The highest BCUT2D eigenvalue weighted by molar-refractivity contribution is 6.60. The minimum absolute atomic E-state index is 0. The van der Waals surface area contributed by atoms with Crippen molar-refractivity contribution in [2.45, 2.75) is 13.8 Å². The molecule has 0 fully saturated rings. The smallest absolute Gasteiger partial charge is 0.437 e. The maximum atomic E-state index is 6.05. The van der Waals surface area contributed by atoms with E-state index in [0.717, 1.165) is 24.9 Å². The number of hydrogen-bond donors (Lipinski definition) is 1. The monoisotopic (exact) mass is 241 g/mol. The highest BCUT2D eigenvalue weighted by Crippen LogP contribution is 1.85. The van der Waals surface area contributed by atoms with Crippen LogP contribution in [0.4, 0.5) is 0 Å². The molecule has 1 aliphatic heterocycles. The van der Waals surface area contributed by atoms with Gasteiger partial charge in [-0.25, -0.2) is 4.90 Å². The molecule has 0 bridgehead atoms. The maximum Gasteiger partial charge on any atom is 0.437 e. The van der Waals surface area contributed by atoms with E-state index in [4.69, 9.17) is 11.6 Å². The molecule has 4 heteroatoms. The molecule has 0 spiro atoms. The van der Waals surface area contributed by atoms with Crippen molar-refractivity contribution in [3.05, 3.63) is 0 Å². The molecule has 0 saturated heterocycles. The Balaban J connectivity index is 0.000001000. The summed E-state index contributed by atoms with van der Waals surface area (Å²) in [5, 5.41) is 1.00. The first-order valence-corrected chi connectivity index (χ1v) is 4.29. The van der Waals surface area contributed by atoms with Crippen molar-refractivity contribution >= 4 is 16.9 Å². The highest BCUT2D eigenvalue weighted by Gasteiger charge is 2.30. The van der Waals surface area contributed by atoms with Gasteiger partial charge in [-0.3, -0.25) is 0 Å². The number of amidine groups is 1. The Bertz CT molecular complexity index is 159. The first-order chi connectivity index (χ1) is 4.79. The average Bonchev–Trinajstić information content (AvgIpc) is 2.30. The molecule has 0 amide bonds. The second kappa shape index (κ2) is 5.12. The molecule has 2 nitrogen and oxygen atoms in total. The Hall–Kier alpha value is 0.400. The third-order valence-corrected chi connectivity index (χ3v) is 2.57. The van der Waals surface area contributed by atoms with Crippen molar-refractivity contribution in [2.24, 2.45) is 0 Å². The molecule has 0 saturated carbocycles. The van der Waals surface area contributed by atoms with Gasteiger partial charge in [0.25, 0.3) is 0 Å². The summed E-state index contributed by atoms with van der Waals surface area (Å²) >= 11 is 6.05. The molecule has 11 heavy (non-hydrogen) atoms. The van der Waals surface area contributed by atoms with Gasteiger partial charge in [0.15, 0.2) is 6.54 Å². The van der Waals surface area contributed by atoms with Crippen LogP contribution in [0.25, 0.3) is 0 Å². The molecule has 0 aromatic rings. The van der Waals surface area contributed by atoms with Gasteiger partial charge in [-0.05, 0) is 13.8 Å². The van der Waals surface area contributed by atoms with Crippen molar-refractivity contribution in [3.8, 4) is 0 Å². The fraction of sp³-hybridized carbons (Fsp3) is 0.857. The van der Waals surface area contributed by atoms with Crippen LogP contribution in [-0.4, -0.2) is 36.0 Å². The highest BCUT2D eigenvalue weighted by atomic mass is 79.9. The molecule has 1 rings (SSSR count). The standard InChI is InChI=1S/C7H14ClN2.BrH/c1-3-9-5-6-10(4-2)7(9)8;/h3-6H2,1-2H3;1H/q+1;. The van der Waals surface area contributed by atoms with E-state index in [0.29, 0.717) is 0 Å². The van der Waals surface area contributed by atoms with Gasteiger partial charge in [-0.1, -0.05) is 0 Å². The number of likely N-dealkylation sites (N-methyl/N-ethyl adjacent to an activating group) is 2. The van der Waals surface area contributed by atoms with Crippen LogP contribution in [0.2, 0.25) is 0 Å². The Labute approximate surface area is 83.6 Å². The van der Waals surface area contributed by atoms with Crippen LogP contribution in [0.15, 0.2) is 0 Å². The van der Waals surface area contributed by atoms with Gasteiger partial charge >= 0.3 is 5.29 Å². The van der Waals surface area contributed by atoms with E-state index in [1.807, 2.05) is 0 Å². The van der Waals surface area contributed by atoms with Crippen LogP contribution in [0.3, 0.4) is 0 Å². The summed E-state index contributed by atoms with van der Waals surface area (Å²) in [6.45, 7) is 8.75. The first kappa shape index (κ1) is 11.4. The van der Waals surface area contributed by atoms with Gasteiger partial charge in [0.2, 0.25) is 0 Å². The Morgan fingerprint density at radius 1 is 1.55 bits per heavy atom. The summed E-state index contributed by atoms with van der Waals surface area (Å²) in [5.74, 6) is 0. The minimum Gasteiger partial charge on any atom is -1.00 e. The summed E-state index contributed by atoms with van der Waals surface area (Å²) in [6.07, 6.45) is 0. The van der Waals surface area contributed by atoms with Gasteiger partial charge < -0.3 is 17.0 Å². The van der Waals surface area contributed by atoms with Crippen molar-refractivity contribution in [2.75, 3.05) is 26.2 Å². The van der Waals surface area contributed by atoms with Crippen molar-refractivity contribution in [3.63, 3.8) is 0 Å². The number of quaternary nitrogens is 1. The van der Waals surface area contributed by atoms with E-state index in [9.17, 15) is 0 Å². The molecule has 0 aromatic heterocycles. The second-order valence-corrected chi connectivity index (χ2v) is 2.94. The largest absolute Gasteiger partial charge is 1.00 e. The lowest BCUT2D eigenvalue weighted by Crippen LogP contribution is -3.12. The van der Waals surface area contributed by atoms with Crippen LogP contribution in [0, 0.1) is 0 Å². The van der Waals surface area contributed by atoms with Crippen molar-refractivity contribution in [1.82, 2.24) is 0 Å². The first-order valence-electron chi connectivity index (χ1n) is 3.92. The summed E-state index contributed by atoms with van der Waals surface area (Å²) < 4.78 is 2.22. The second-order valence-electron chi connectivity index (χ2n) is 2.58. The molecular weight excluding hydrogens is 227 g/mol. The molecule has 1 atom stereocenters. The lowest BCUT2D eigenvalue weighted by Gasteiger charge is -1.99. The molecule has 1 N–H and O–H groups in total. The summed E-state index contributed by atoms with van der Waals surface area (Å²) in [7, 11) is 0. The quantitative estimate of drug-likeness (QED) is 0.380. The third kappa shape index (κ3) is 2.42. The van der Waals surface area contributed by atoms with E-state index in [1.165, 1.54) is 11.4 Å². The zero-order chi connectivity index (χ0) is 7.56. The normalized spacial score (nSPS) is 23.7. The average molecular weight is 243 g/mol. The Morgan fingerprint density at radius 2 is 2.18 bits per heavy atom. The number of nitrogens with one attached hydrogen (secondary N) is 1. The van der Waals surface area contributed by atoms with E-state index in [-0.39, 0.29) is 17.0 Å². The van der Waals surface area contributed by atoms with E-state index in [2.05, 4.69) is 18.4 Å². The number of hydrogen-bond acceptors (Lipinski definition) is 0. The molecular formula is C7H15BrClN2+. The van der Waals surface area contributed by atoms with Crippen molar-refractivity contribution in [1.29, 1.82) is 0 Å². The zero-order valence-electron chi connectivity index (χ0n) is 7.03. The van der Waals surface area contributed by atoms with Crippen LogP contribution in [0.5, 0.6) is 0 Å². The lowest BCUT2D eigenvalue weighted by atomic mass is 10.5. The van der Waals surface area contributed by atoms with Crippen LogP contribution in [0.1, 0.15) is 13.8 Å². The Kier molecular flexibility index (Phi) is 5.30. The van der Waals surface area contributed by atoms with Crippen LogP contribution < -0.4 is 21.9 Å². The Morgan fingerprint density at radius 3 is 2.45 bits per heavy atom. The molecule has 1 aliphatic rings. The topological polar surface area (TPSA) is 7.45 Å². The number of rotatable bonds is 2. The van der Waals surface area contributed by atoms with Crippen molar-refractivity contribution < 1.29 is 26.5 Å². The fourth-order valence-corrected chi connectivity index (χ4v) is 1.75. The van der Waals surface area contributed by atoms with Crippen LogP contribution >= 0.6 is 11.6 Å². The molecule has 0 radical (unpaired) electrons. The molecule has 1 heterocycles. The van der Waals surface area contributed by atoms with Gasteiger partial charge in [-0.15, -0.1) is 0 Å². The number of halogens is 2.